The predicted octanol–water partition coefficient (Wildman–Crippen LogP) is 5.92. The van der Waals surface area contributed by atoms with Gasteiger partial charge in [-0.1, -0.05) is 52.6 Å². The predicted molar refractivity (Wildman–Crippen MR) is 110 cm³/mol. The topological polar surface area (TPSA) is 55.4 Å². The summed E-state index contributed by atoms with van der Waals surface area (Å²) in [6.07, 6.45) is 2.07. The Morgan fingerprint density at radius 3 is 2.48 bits per heavy atom. The molecule has 0 saturated heterocycles. The van der Waals surface area contributed by atoms with E-state index in [0.717, 1.165) is 6.42 Å². The lowest BCUT2D eigenvalue weighted by Gasteiger charge is -2.18. The molecule has 1 aromatic carbocycles. The lowest BCUT2D eigenvalue weighted by molar-refractivity contribution is -0.144. The summed E-state index contributed by atoms with van der Waals surface area (Å²) in [7, 11) is 0. The SMILES string of the molecule is CCCC(Sc1cc(NC(=O)C(C)CC)c(F)cc1Cl)C(=O)OCC(C)C. The second-order valence-corrected chi connectivity index (χ2v) is 8.63. The molecule has 1 aromatic rings. The average Bonchev–Trinajstić information content (AvgIpc) is 2.61. The summed E-state index contributed by atoms with van der Waals surface area (Å²) in [6.45, 7) is 9.94. The number of hydrogen-bond donors (Lipinski definition) is 1. The van der Waals surface area contributed by atoms with Crippen LogP contribution in [0.25, 0.3) is 0 Å². The molecule has 2 atom stereocenters. The van der Waals surface area contributed by atoms with E-state index in [1.807, 2.05) is 27.7 Å². The molecular weight excluding hydrogens is 389 g/mol. The number of esters is 1. The smallest absolute Gasteiger partial charge is 0.319 e. The molecule has 27 heavy (non-hydrogen) atoms. The number of carbonyl (C=O) groups is 2. The van der Waals surface area contributed by atoms with Crippen LogP contribution in [0, 0.1) is 17.7 Å². The van der Waals surface area contributed by atoms with Crippen molar-refractivity contribution in [3.8, 4) is 0 Å². The van der Waals surface area contributed by atoms with Crippen molar-refractivity contribution in [2.75, 3.05) is 11.9 Å². The van der Waals surface area contributed by atoms with E-state index in [-0.39, 0.29) is 34.4 Å². The fourth-order valence-electron chi connectivity index (χ4n) is 2.14. The van der Waals surface area contributed by atoms with E-state index in [1.165, 1.54) is 23.9 Å². The summed E-state index contributed by atoms with van der Waals surface area (Å²) in [5, 5.41) is 2.37. The number of rotatable bonds is 10. The Labute approximate surface area is 170 Å². The molecule has 0 aromatic heterocycles. The van der Waals surface area contributed by atoms with Crippen LogP contribution in [0.4, 0.5) is 10.1 Å². The third-order valence-electron chi connectivity index (χ3n) is 3.98. The summed E-state index contributed by atoms with van der Waals surface area (Å²) in [5.74, 6) is -1.14. The Kier molecular flexibility index (Phi) is 10.2. The van der Waals surface area contributed by atoms with Crippen molar-refractivity contribution in [3.05, 3.63) is 23.0 Å². The van der Waals surface area contributed by atoms with Gasteiger partial charge in [0, 0.05) is 10.8 Å². The fraction of sp³-hybridized carbons (Fsp3) is 0.600. The Morgan fingerprint density at radius 2 is 1.93 bits per heavy atom. The van der Waals surface area contributed by atoms with Crippen molar-refractivity contribution in [2.45, 2.75) is 64.0 Å². The van der Waals surface area contributed by atoms with Crippen molar-refractivity contribution in [2.24, 2.45) is 11.8 Å². The van der Waals surface area contributed by atoms with Gasteiger partial charge in [0.15, 0.2) is 0 Å². The molecule has 1 rings (SSSR count). The number of anilines is 1. The van der Waals surface area contributed by atoms with Gasteiger partial charge in [-0.2, -0.15) is 0 Å². The second kappa shape index (κ2) is 11.5. The van der Waals surface area contributed by atoms with Gasteiger partial charge in [0.05, 0.1) is 17.3 Å². The van der Waals surface area contributed by atoms with Crippen LogP contribution in [-0.2, 0) is 14.3 Å². The number of amides is 1. The van der Waals surface area contributed by atoms with Crippen LogP contribution in [-0.4, -0.2) is 23.7 Å². The van der Waals surface area contributed by atoms with Crippen LogP contribution in [0.5, 0.6) is 0 Å². The van der Waals surface area contributed by atoms with Crippen LogP contribution < -0.4 is 5.32 Å². The molecule has 0 aliphatic carbocycles. The molecule has 0 fully saturated rings. The van der Waals surface area contributed by atoms with Crippen molar-refractivity contribution >= 4 is 40.9 Å². The first-order valence-electron chi connectivity index (χ1n) is 9.32. The lowest BCUT2D eigenvalue weighted by Crippen LogP contribution is -2.22. The van der Waals surface area contributed by atoms with Crippen LogP contribution in [0.3, 0.4) is 0 Å². The highest BCUT2D eigenvalue weighted by atomic mass is 35.5. The minimum atomic E-state index is -0.601. The van der Waals surface area contributed by atoms with E-state index in [4.69, 9.17) is 16.3 Å². The number of carbonyl (C=O) groups excluding carboxylic acids is 2. The van der Waals surface area contributed by atoms with Gasteiger partial charge < -0.3 is 10.1 Å². The summed E-state index contributed by atoms with van der Waals surface area (Å²) in [6, 6.07) is 2.65. The first kappa shape index (κ1) is 23.8. The molecular formula is C20H29ClFNO3S. The summed E-state index contributed by atoms with van der Waals surface area (Å²) in [5.41, 5.74) is 0.0676. The Morgan fingerprint density at radius 1 is 1.26 bits per heavy atom. The van der Waals surface area contributed by atoms with Crippen molar-refractivity contribution < 1.29 is 18.7 Å². The van der Waals surface area contributed by atoms with Gasteiger partial charge in [0.1, 0.15) is 11.1 Å². The molecule has 0 heterocycles. The highest BCUT2D eigenvalue weighted by Crippen LogP contribution is 2.36. The fourth-order valence-corrected chi connectivity index (χ4v) is 3.60. The molecule has 0 bridgehead atoms. The van der Waals surface area contributed by atoms with E-state index >= 15 is 0 Å². The molecule has 0 spiro atoms. The van der Waals surface area contributed by atoms with Crippen LogP contribution >= 0.6 is 23.4 Å². The zero-order valence-electron chi connectivity index (χ0n) is 16.6. The summed E-state index contributed by atoms with van der Waals surface area (Å²) >= 11 is 7.42. The number of hydrogen-bond acceptors (Lipinski definition) is 4. The Bertz CT molecular complexity index is 654. The van der Waals surface area contributed by atoms with Gasteiger partial charge in [-0.25, -0.2) is 4.39 Å². The maximum Gasteiger partial charge on any atom is 0.319 e. The van der Waals surface area contributed by atoms with E-state index in [1.54, 1.807) is 6.92 Å². The van der Waals surface area contributed by atoms with Crippen LogP contribution in [0.15, 0.2) is 17.0 Å². The zero-order valence-corrected chi connectivity index (χ0v) is 18.2. The Balaban J connectivity index is 3.00. The summed E-state index contributed by atoms with van der Waals surface area (Å²) < 4.78 is 19.6. The van der Waals surface area contributed by atoms with Crippen molar-refractivity contribution in [3.63, 3.8) is 0 Å². The van der Waals surface area contributed by atoms with E-state index in [9.17, 15) is 14.0 Å². The van der Waals surface area contributed by atoms with Gasteiger partial charge in [-0.3, -0.25) is 9.59 Å². The highest BCUT2D eigenvalue weighted by molar-refractivity contribution is 8.00. The molecule has 1 N–H and O–H groups in total. The third-order valence-corrected chi connectivity index (χ3v) is 5.71. The van der Waals surface area contributed by atoms with Gasteiger partial charge in [-0.15, -0.1) is 11.8 Å². The molecule has 1 amide bonds. The van der Waals surface area contributed by atoms with Gasteiger partial charge in [0.2, 0.25) is 5.91 Å². The monoisotopic (exact) mass is 417 g/mol. The van der Waals surface area contributed by atoms with Crippen molar-refractivity contribution in [1.82, 2.24) is 0 Å². The highest BCUT2D eigenvalue weighted by Gasteiger charge is 2.23. The molecule has 7 heteroatoms. The number of thioether (sulfide) groups is 1. The third kappa shape index (κ3) is 7.70. The van der Waals surface area contributed by atoms with Gasteiger partial charge in [0.25, 0.3) is 0 Å². The molecule has 4 nitrogen and oxygen atoms in total. The molecule has 0 saturated carbocycles. The number of benzene rings is 1. The largest absolute Gasteiger partial charge is 0.465 e. The first-order valence-corrected chi connectivity index (χ1v) is 10.6. The van der Waals surface area contributed by atoms with E-state index in [0.29, 0.717) is 24.3 Å². The minimum Gasteiger partial charge on any atom is -0.465 e. The normalized spacial score (nSPS) is 13.3. The van der Waals surface area contributed by atoms with Gasteiger partial charge in [-0.05, 0) is 30.9 Å². The number of nitrogens with one attached hydrogen (secondary N) is 1. The van der Waals surface area contributed by atoms with Crippen LogP contribution in [0.2, 0.25) is 5.02 Å². The molecule has 152 valence electrons. The first-order chi connectivity index (χ1) is 12.7. The lowest BCUT2D eigenvalue weighted by atomic mass is 10.1. The van der Waals surface area contributed by atoms with Crippen LogP contribution in [0.1, 0.15) is 53.9 Å². The molecule has 0 radical (unpaired) electrons. The molecule has 0 aliphatic rings. The zero-order chi connectivity index (χ0) is 20.6. The second-order valence-electron chi connectivity index (χ2n) is 6.98. The maximum atomic E-state index is 14.2. The molecule has 2 unspecified atom stereocenters. The summed E-state index contributed by atoms with van der Waals surface area (Å²) in [4.78, 5) is 25.0. The van der Waals surface area contributed by atoms with E-state index < -0.39 is 11.1 Å². The van der Waals surface area contributed by atoms with Crippen molar-refractivity contribution in [1.29, 1.82) is 0 Å². The number of halogens is 2. The van der Waals surface area contributed by atoms with E-state index in [2.05, 4.69) is 5.32 Å². The molecule has 0 aliphatic heterocycles. The quantitative estimate of drug-likeness (QED) is 0.379. The maximum absolute atomic E-state index is 14.2. The standard InChI is InChI=1S/C20H29ClFNO3S/c1-6-8-17(20(25)26-11-12(3)4)27-18-10-16(15(22)9-14(18)21)23-19(24)13(5)7-2/h9-10,12-13,17H,6-8,11H2,1-5H3,(H,23,24). The number of ether oxygens (including phenoxy) is 1. The minimum absolute atomic E-state index is 0.0676. The van der Waals surface area contributed by atoms with Gasteiger partial charge >= 0.3 is 5.97 Å². The average molecular weight is 418 g/mol. The Hall–Kier alpha value is -1.27.